The number of nitrogens with zero attached hydrogens (tertiary/aromatic N) is 4. The molecule has 5 nitrogen and oxygen atoms in total. The molecule has 1 aliphatic carbocycles. The van der Waals surface area contributed by atoms with E-state index in [1.807, 2.05) is 84.9 Å². The average molecular weight is 705 g/mol. The second-order valence-corrected chi connectivity index (χ2v) is 14.1. The first-order valence-corrected chi connectivity index (χ1v) is 18.7. The molecule has 0 saturated heterocycles. The third-order valence-corrected chi connectivity index (χ3v) is 10.7. The lowest BCUT2D eigenvalue weighted by atomic mass is 9.84. The molecule has 11 rings (SSSR count). The standard InChI is InChI=1S/C50H32N4O/c1-3-15-31(16-4-1)48-52-49(32-17-5-2-6-18-32)54-50(53-48)36-28-34(42-30-33-19-7-8-20-37(33)38-21-9-10-22-39(38)42)27-35(29-36)45-40-23-11-13-25-43(40)51-46-41-24-12-14-26-44(41)55-47(45)46/h1-9,11-21,23-30H,10,22H2. The van der Waals surface area contributed by atoms with Crippen LogP contribution >= 0.6 is 0 Å². The van der Waals surface area contributed by atoms with Crippen LogP contribution in [0.2, 0.25) is 0 Å². The molecule has 5 heteroatoms. The molecule has 0 amide bonds. The van der Waals surface area contributed by atoms with Gasteiger partial charge in [0.15, 0.2) is 23.1 Å². The molecular formula is C50H32N4O. The van der Waals surface area contributed by atoms with Gasteiger partial charge < -0.3 is 4.42 Å². The Labute approximate surface area is 317 Å². The molecule has 7 aromatic carbocycles. The molecule has 3 heterocycles. The van der Waals surface area contributed by atoms with E-state index in [0.717, 1.165) is 79.2 Å². The van der Waals surface area contributed by atoms with Gasteiger partial charge in [-0.15, -0.1) is 0 Å². The van der Waals surface area contributed by atoms with Crippen molar-refractivity contribution in [2.75, 3.05) is 0 Å². The van der Waals surface area contributed by atoms with Crippen molar-refractivity contribution in [2.24, 2.45) is 0 Å². The van der Waals surface area contributed by atoms with Crippen LogP contribution < -0.4 is 0 Å². The Morgan fingerprint density at radius 1 is 0.473 bits per heavy atom. The summed E-state index contributed by atoms with van der Waals surface area (Å²) in [4.78, 5) is 20.6. The lowest BCUT2D eigenvalue weighted by molar-refractivity contribution is 0.670. The Balaban J connectivity index is 1.25. The monoisotopic (exact) mass is 704 g/mol. The topological polar surface area (TPSA) is 64.7 Å². The maximum atomic E-state index is 6.73. The number of hydrogen-bond acceptors (Lipinski definition) is 5. The largest absolute Gasteiger partial charge is 0.454 e. The molecule has 0 unspecified atom stereocenters. The summed E-state index contributed by atoms with van der Waals surface area (Å²) >= 11 is 0. The SMILES string of the molecule is C1=Cc2c(c(-c3cc(-c4nc(-c5ccccc5)nc(-c5ccccc5)n4)cc(-c4c5ccccc5nc5c4oc4ccccc45)c3)cc3ccccc23)CC1. The fraction of sp³-hybridized carbons (Fsp3) is 0.0400. The number of benzene rings is 7. The van der Waals surface area contributed by atoms with E-state index in [1.165, 1.54) is 27.5 Å². The van der Waals surface area contributed by atoms with Crippen molar-refractivity contribution in [2.45, 2.75) is 12.8 Å². The summed E-state index contributed by atoms with van der Waals surface area (Å²) in [5.41, 5.74) is 13.0. The third kappa shape index (κ3) is 5.32. The molecule has 0 radical (unpaired) electrons. The second kappa shape index (κ2) is 12.7. The van der Waals surface area contributed by atoms with Gasteiger partial charge in [0.25, 0.3) is 0 Å². The number of allylic oxidation sites excluding steroid dienone is 1. The first-order valence-electron chi connectivity index (χ1n) is 18.7. The number of fused-ring (bicyclic) bond motifs is 7. The first-order chi connectivity index (χ1) is 27.2. The van der Waals surface area contributed by atoms with Crippen LogP contribution in [0.25, 0.3) is 106 Å². The van der Waals surface area contributed by atoms with E-state index in [2.05, 4.69) is 84.9 Å². The van der Waals surface area contributed by atoms with Gasteiger partial charge in [0.2, 0.25) is 0 Å². The van der Waals surface area contributed by atoms with Crippen LogP contribution in [0.3, 0.4) is 0 Å². The number of aromatic nitrogens is 4. The second-order valence-electron chi connectivity index (χ2n) is 14.1. The number of pyridine rings is 1. The van der Waals surface area contributed by atoms with E-state index in [4.69, 9.17) is 24.4 Å². The molecule has 258 valence electrons. The first kappa shape index (κ1) is 31.3. The van der Waals surface area contributed by atoms with Crippen LogP contribution in [0.1, 0.15) is 17.5 Å². The van der Waals surface area contributed by atoms with Gasteiger partial charge in [0.05, 0.1) is 5.52 Å². The zero-order valence-corrected chi connectivity index (χ0v) is 29.8. The number of furan rings is 1. The Kier molecular flexibility index (Phi) is 7.24. The molecule has 1 aliphatic rings. The highest BCUT2D eigenvalue weighted by Crippen LogP contribution is 2.44. The van der Waals surface area contributed by atoms with E-state index in [-0.39, 0.29) is 0 Å². The molecule has 3 aromatic heterocycles. The van der Waals surface area contributed by atoms with Crippen LogP contribution in [0.4, 0.5) is 0 Å². The van der Waals surface area contributed by atoms with Gasteiger partial charge in [-0.25, -0.2) is 19.9 Å². The van der Waals surface area contributed by atoms with Crippen molar-refractivity contribution in [1.29, 1.82) is 0 Å². The van der Waals surface area contributed by atoms with Crippen molar-refractivity contribution in [1.82, 2.24) is 19.9 Å². The molecule has 0 saturated carbocycles. The van der Waals surface area contributed by atoms with Crippen LogP contribution in [0.5, 0.6) is 0 Å². The zero-order valence-electron chi connectivity index (χ0n) is 29.8. The fourth-order valence-electron chi connectivity index (χ4n) is 8.18. The summed E-state index contributed by atoms with van der Waals surface area (Å²) in [6.45, 7) is 0. The van der Waals surface area contributed by atoms with Crippen molar-refractivity contribution >= 4 is 49.8 Å². The van der Waals surface area contributed by atoms with E-state index in [0.29, 0.717) is 17.5 Å². The lowest BCUT2D eigenvalue weighted by Gasteiger charge is -2.20. The molecule has 0 bridgehead atoms. The Bertz CT molecular complexity index is 3090. The highest BCUT2D eigenvalue weighted by atomic mass is 16.3. The van der Waals surface area contributed by atoms with Crippen molar-refractivity contribution < 1.29 is 4.42 Å². The van der Waals surface area contributed by atoms with Crippen LogP contribution in [-0.4, -0.2) is 19.9 Å². The number of hydrogen-bond donors (Lipinski definition) is 0. The summed E-state index contributed by atoms with van der Waals surface area (Å²) in [5.74, 6) is 1.85. The van der Waals surface area contributed by atoms with Crippen LogP contribution in [-0.2, 0) is 6.42 Å². The van der Waals surface area contributed by atoms with Gasteiger partial charge >= 0.3 is 0 Å². The summed E-state index contributed by atoms with van der Waals surface area (Å²) in [7, 11) is 0. The van der Waals surface area contributed by atoms with E-state index < -0.39 is 0 Å². The highest BCUT2D eigenvalue weighted by molar-refractivity contribution is 6.15. The van der Waals surface area contributed by atoms with E-state index in [9.17, 15) is 0 Å². The van der Waals surface area contributed by atoms with Crippen LogP contribution in [0.15, 0.2) is 168 Å². The van der Waals surface area contributed by atoms with E-state index >= 15 is 0 Å². The molecular weight excluding hydrogens is 673 g/mol. The zero-order chi connectivity index (χ0) is 36.3. The minimum atomic E-state index is 0.601. The predicted molar refractivity (Wildman–Crippen MR) is 224 cm³/mol. The van der Waals surface area contributed by atoms with Gasteiger partial charge in [0.1, 0.15) is 11.1 Å². The molecule has 0 N–H and O–H groups in total. The average Bonchev–Trinajstić information content (AvgIpc) is 3.63. The Morgan fingerprint density at radius 3 is 1.84 bits per heavy atom. The van der Waals surface area contributed by atoms with Gasteiger partial charge in [0, 0.05) is 33.0 Å². The summed E-state index contributed by atoms with van der Waals surface area (Å²) in [6.07, 6.45) is 6.55. The molecule has 0 spiro atoms. The Morgan fingerprint density at radius 2 is 1.07 bits per heavy atom. The maximum absolute atomic E-state index is 6.73. The molecule has 55 heavy (non-hydrogen) atoms. The maximum Gasteiger partial charge on any atom is 0.164 e. The van der Waals surface area contributed by atoms with Gasteiger partial charge in [-0.3, -0.25) is 0 Å². The summed E-state index contributed by atoms with van der Waals surface area (Å²) in [6, 6.07) is 54.6. The normalized spacial score (nSPS) is 12.5. The summed E-state index contributed by atoms with van der Waals surface area (Å²) < 4.78 is 6.73. The molecule has 0 fully saturated rings. The molecule has 0 aliphatic heterocycles. The fourth-order valence-corrected chi connectivity index (χ4v) is 8.18. The van der Waals surface area contributed by atoms with Gasteiger partial charge in [-0.2, -0.15) is 0 Å². The van der Waals surface area contributed by atoms with Crippen molar-refractivity contribution in [3.8, 4) is 56.4 Å². The minimum absolute atomic E-state index is 0.601. The quantitative estimate of drug-likeness (QED) is 0.178. The summed E-state index contributed by atoms with van der Waals surface area (Å²) in [5, 5.41) is 4.50. The van der Waals surface area contributed by atoms with Crippen molar-refractivity contribution in [3.63, 3.8) is 0 Å². The highest BCUT2D eigenvalue weighted by Gasteiger charge is 2.22. The third-order valence-electron chi connectivity index (χ3n) is 10.7. The molecule has 0 atom stereocenters. The smallest absolute Gasteiger partial charge is 0.164 e. The Hall–Kier alpha value is -7.24. The van der Waals surface area contributed by atoms with Crippen molar-refractivity contribution in [3.05, 3.63) is 175 Å². The number of para-hydroxylation sites is 2. The van der Waals surface area contributed by atoms with Gasteiger partial charge in [-0.1, -0.05) is 127 Å². The van der Waals surface area contributed by atoms with Crippen LogP contribution in [0, 0.1) is 0 Å². The van der Waals surface area contributed by atoms with Gasteiger partial charge in [-0.05, 0) is 93.9 Å². The van der Waals surface area contributed by atoms with E-state index in [1.54, 1.807) is 0 Å². The lowest BCUT2D eigenvalue weighted by Crippen LogP contribution is -2.02. The number of rotatable bonds is 5. The predicted octanol–water partition coefficient (Wildman–Crippen LogP) is 12.8. The minimum Gasteiger partial charge on any atom is -0.454 e. The molecule has 10 aromatic rings.